The van der Waals surface area contributed by atoms with Gasteiger partial charge in [0.25, 0.3) is 5.69 Å². The Balaban J connectivity index is 0.000000146. The lowest BCUT2D eigenvalue weighted by atomic mass is 10.1. The number of hydrogen-bond acceptors (Lipinski definition) is 5. The zero-order valence-electron chi connectivity index (χ0n) is 15.7. The van der Waals surface area contributed by atoms with Gasteiger partial charge in [0, 0.05) is 39.4 Å². The van der Waals surface area contributed by atoms with Crippen molar-refractivity contribution < 1.29 is 13.8 Å². The molecule has 2 heterocycles. The predicted octanol–water partition coefficient (Wildman–Crippen LogP) is 7.30. The Morgan fingerprint density at radius 2 is 1.13 bits per heavy atom. The van der Waals surface area contributed by atoms with Gasteiger partial charge in [-0.2, -0.15) is 0 Å². The zero-order valence-corrected chi connectivity index (χ0v) is 15.7. The maximum atomic E-state index is 10.6. The lowest BCUT2D eigenvalue weighted by Crippen LogP contribution is -1.85. The molecule has 154 valence electrons. The third kappa shape index (κ3) is 3.55. The van der Waals surface area contributed by atoms with E-state index in [4.69, 9.17) is 14.6 Å². The van der Waals surface area contributed by atoms with E-state index in [1.807, 2.05) is 60.7 Å². The highest BCUT2D eigenvalue weighted by Crippen LogP contribution is 2.31. The average Bonchev–Trinajstić information content (AvgIpc) is 3.31. The van der Waals surface area contributed by atoms with E-state index in [0.717, 1.165) is 44.0 Å². The van der Waals surface area contributed by atoms with E-state index in [-0.39, 0.29) is 13.1 Å². The van der Waals surface area contributed by atoms with Gasteiger partial charge in [-0.3, -0.25) is 10.1 Å². The van der Waals surface area contributed by atoms with Crippen molar-refractivity contribution in [3.8, 4) is 0 Å². The molecule has 0 aliphatic rings. The van der Waals surface area contributed by atoms with Crippen molar-refractivity contribution in [2.24, 2.45) is 0 Å². The van der Waals surface area contributed by atoms with Gasteiger partial charge in [-0.25, -0.2) is 0 Å². The van der Waals surface area contributed by atoms with Crippen LogP contribution < -0.4 is 5.73 Å². The van der Waals surface area contributed by atoms with Crippen molar-refractivity contribution in [3.05, 3.63) is 95.0 Å². The predicted molar refractivity (Wildman–Crippen MR) is 125 cm³/mol. The number of nitro groups is 1. The number of benzene rings is 4. The molecule has 0 saturated heterocycles. The fourth-order valence-electron chi connectivity index (χ4n) is 3.57. The van der Waals surface area contributed by atoms with Crippen LogP contribution in [0.3, 0.4) is 0 Å². The molecule has 0 radical (unpaired) electrons. The third-order valence-corrected chi connectivity index (χ3v) is 4.98. The summed E-state index contributed by atoms with van der Waals surface area (Å²) in [5.41, 5.74) is 9.53. The largest absolute Gasteiger partial charge is 0.456 e. The lowest BCUT2D eigenvalue weighted by molar-refractivity contribution is -0.384. The number of rotatable bonds is 1. The first kappa shape index (κ1) is 20.0. The van der Waals surface area contributed by atoms with Crippen molar-refractivity contribution >= 4 is 55.3 Å². The Morgan fingerprint density at radius 3 is 1.71 bits per heavy atom. The molecule has 0 atom stereocenters. The number of nitrogen functional groups attached to an aromatic ring is 1. The van der Waals surface area contributed by atoms with Crippen LogP contribution >= 0.6 is 0 Å². The molecule has 6 aromatic rings. The fourth-order valence-corrected chi connectivity index (χ4v) is 3.57. The number of furan rings is 2. The Kier molecular flexibility index (Phi) is 5.05. The van der Waals surface area contributed by atoms with E-state index >= 15 is 0 Å². The summed E-state index contributed by atoms with van der Waals surface area (Å²) in [4.78, 5) is 10.2. The molecule has 31 heavy (non-hydrogen) atoms. The highest BCUT2D eigenvalue weighted by molar-refractivity contribution is 6.06. The van der Waals surface area contributed by atoms with Gasteiger partial charge in [-0.1, -0.05) is 43.8 Å². The molecule has 0 bridgehead atoms. The van der Waals surface area contributed by atoms with Gasteiger partial charge >= 0.3 is 0 Å². The number of nitrogens with zero attached hydrogens (tertiary/aromatic N) is 1. The molecule has 0 saturated carbocycles. The Morgan fingerprint density at radius 1 is 0.645 bits per heavy atom. The first-order valence-corrected chi connectivity index (χ1v) is 9.32. The van der Waals surface area contributed by atoms with Crippen LogP contribution in [0.5, 0.6) is 0 Å². The molecular formula is C25H20N2O4. The molecular weight excluding hydrogens is 392 g/mol. The van der Waals surface area contributed by atoms with E-state index in [1.54, 1.807) is 6.07 Å². The normalized spacial score (nSPS) is 10.7. The number of hydrogen-bond donors (Lipinski definition) is 1. The number of nitrogens with two attached hydrogens (primary N) is 1. The summed E-state index contributed by atoms with van der Waals surface area (Å²) in [5.74, 6) is 0. The molecule has 2 N–H and O–H groups in total. The second-order valence-corrected chi connectivity index (χ2v) is 6.89. The monoisotopic (exact) mass is 412 g/mol. The second-order valence-electron chi connectivity index (χ2n) is 6.89. The Labute approximate surface area is 177 Å². The number of anilines is 1. The molecule has 4 aromatic carbocycles. The molecule has 6 nitrogen and oxygen atoms in total. The molecule has 2 aromatic heterocycles. The molecule has 0 aliphatic carbocycles. The van der Waals surface area contributed by atoms with Crippen molar-refractivity contribution in [1.29, 1.82) is 0 Å². The average molecular weight is 412 g/mol. The van der Waals surface area contributed by atoms with Gasteiger partial charge in [0.2, 0.25) is 0 Å². The Bertz CT molecular complexity index is 1550. The summed E-state index contributed by atoms with van der Waals surface area (Å²) in [5, 5.41) is 14.8. The van der Waals surface area contributed by atoms with Crippen LogP contribution in [0.25, 0.3) is 43.9 Å². The molecule has 6 rings (SSSR count). The third-order valence-electron chi connectivity index (χ3n) is 4.98. The first-order valence-electron chi connectivity index (χ1n) is 9.32. The zero-order chi connectivity index (χ0) is 20.7. The van der Waals surface area contributed by atoms with Crippen LogP contribution in [0, 0.1) is 10.1 Å². The summed E-state index contributed by atoms with van der Waals surface area (Å²) >= 11 is 0. The van der Waals surface area contributed by atoms with E-state index < -0.39 is 4.92 Å². The number of non-ortho nitro benzene ring substituents is 1. The maximum Gasteiger partial charge on any atom is 0.273 e. The van der Waals surface area contributed by atoms with Gasteiger partial charge < -0.3 is 14.6 Å². The van der Waals surface area contributed by atoms with Gasteiger partial charge in [0.15, 0.2) is 0 Å². The van der Waals surface area contributed by atoms with Crippen LogP contribution in [0.15, 0.2) is 93.8 Å². The molecule has 0 spiro atoms. The molecule has 0 aliphatic heterocycles. The quantitative estimate of drug-likeness (QED) is 0.174. The highest BCUT2D eigenvalue weighted by Gasteiger charge is 2.11. The van der Waals surface area contributed by atoms with E-state index in [2.05, 4.69) is 6.07 Å². The number of fused-ring (bicyclic) bond motifs is 6. The molecule has 6 heteroatoms. The topological polar surface area (TPSA) is 95.4 Å². The van der Waals surface area contributed by atoms with Crippen LogP contribution in [-0.2, 0) is 0 Å². The summed E-state index contributed by atoms with van der Waals surface area (Å²) in [6.45, 7) is 0. The second kappa shape index (κ2) is 7.84. The minimum atomic E-state index is -0.424. The van der Waals surface area contributed by atoms with Crippen molar-refractivity contribution in [2.45, 2.75) is 7.43 Å². The smallest absolute Gasteiger partial charge is 0.273 e. The summed E-state index contributed by atoms with van der Waals surface area (Å²) in [7, 11) is 0. The SMILES string of the molecule is C.Nc1ccc2c(c1)oc1ccccc12.O=[N+]([O-])c1ccc2c(c1)oc1ccccc12. The molecule has 0 unspecified atom stereocenters. The van der Waals surface area contributed by atoms with Crippen LogP contribution in [0.2, 0.25) is 0 Å². The highest BCUT2D eigenvalue weighted by atomic mass is 16.6. The van der Waals surface area contributed by atoms with Gasteiger partial charge in [0.05, 0.1) is 11.0 Å². The van der Waals surface area contributed by atoms with Crippen LogP contribution in [0.4, 0.5) is 11.4 Å². The standard InChI is InChI=1S/C12H7NO3.C12H9NO.CH4/c14-13(15)8-5-6-10-9-3-1-2-4-11(9)16-12(10)7-8;13-8-5-6-10-9-3-1-2-4-11(9)14-12(10)7-8;/h1-7H;1-7H,13H2;1H4. The number of para-hydroxylation sites is 2. The van der Waals surface area contributed by atoms with E-state index in [9.17, 15) is 10.1 Å². The minimum Gasteiger partial charge on any atom is -0.456 e. The van der Waals surface area contributed by atoms with Gasteiger partial charge in [-0.05, 0) is 30.3 Å². The summed E-state index contributed by atoms with van der Waals surface area (Å²) in [6, 6.07) is 26.0. The maximum absolute atomic E-state index is 10.6. The van der Waals surface area contributed by atoms with E-state index in [0.29, 0.717) is 5.58 Å². The van der Waals surface area contributed by atoms with Crippen LogP contribution in [-0.4, -0.2) is 4.92 Å². The van der Waals surface area contributed by atoms with Crippen molar-refractivity contribution in [2.75, 3.05) is 5.73 Å². The summed E-state index contributed by atoms with van der Waals surface area (Å²) < 4.78 is 11.2. The molecule has 0 fully saturated rings. The molecule has 0 amide bonds. The van der Waals surface area contributed by atoms with Crippen molar-refractivity contribution in [3.63, 3.8) is 0 Å². The Hall–Kier alpha value is -4.32. The number of nitro benzene ring substituents is 1. The van der Waals surface area contributed by atoms with E-state index in [1.165, 1.54) is 12.1 Å². The first-order chi connectivity index (χ1) is 14.6. The van der Waals surface area contributed by atoms with Gasteiger partial charge in [-0.15, -0.1) is 0 Å². The van der Waals surface area contributed by atoms with Gasteiger partial charge in [0.1, 0.15) is 22.3 Å². The minimum absolute atomic E-state index is 0. The van der Waals surface area contributed by atoms with Crippen LogP contribution in [0.1, 0.15) is 7.43 Å². The lowest BCUT2D eigenvalue weighted by Gasteiger charge is -1.90. The summed E-state index contributed by atoms with van der Waals surface area (Å²) in [6.07, 6.45) is 0. The van der Waals surface area contributed by atoms with Crippen molar-refractivity contribution in [1.82, 2.24) is 0 Å². The fraction of sp³-hybridized carbons (Fsp3) is 0.0400.